The lowest BCUT2D eigenvalue weighted by Crippen LogP contribution is -2.34. The summed E-state index contributed by atoms with van der Waals surface area (Å²) in [5.41, 5.74) is -0.960. The van der Waals surface area contributed by atoms with Gasteiger partial charge in [0, 0.05) is 0 Å². The first-order chi connectivity index (χ1) is 8.81. The fourth-order valence-corrected chi connectivity index (χ4v) is 1.46. The minimum atomic E-state index is -1.36. The fraction of sp³-hybridized carbons (Fsp3) is 0.200. The van der Waals surface area contributed by atoms with E-state index in [0.717, 1.165) is 17.0 Å². The van der Waals surface area contributed by atoms with Crippen LogP contribution in [0.15, 0.2) is 18.2 Å². The van der Waals surface area contributed by atoms with Gasteiger partial charge in [-0.3, -0.25) is 19.7 Å². The number of hydrogen-bond acceptors (Lipinski definition) is 5. The Kier molecular flexibility index (Phi) is 4.35. The molecule has 0 aliphatic carbocycles. The zero-order valence-electron chi connectivity index (χ0n) is 9.45. The van der Waals surface area contributed by atoms with Crippen molar-refractivity contribution >= 4 is 23.3 Å². The molecule has 0 aliphatic rings. The van der Waals surface area contributed by atoms with Gasteiger partial charge in [0.2, 0.25) is 0 Å². The van der Waals surface area contributed by atoms with Gasteiger partial charge < -0.3 is 15.1 Å². The van der Waals surface area contributed by atoms with Crippen LogP contribution in [0, 0.1) is 15.9 Å². The number of carboxylic acids is 2. The third-order valence-electron chi connectivity index (χ3n) is 2.13. The monoisotopic (exact) mass is 272 g/mol. The van der Waals surface area contributed by atoms with Gasteiger partial charge in [-0.1, -0.05) is 0 Å². The van der Waals surface area contributed by atoms with Gasteiger partial charge in [0.1, 0.15) is 24.6 Å². The van der Waals surface area contributed by atoms with Crippen LogP contribution < -0.4 is 4.90 Å². The molecule has 0 bridgehead atoms. The lowest BCUT2D eigenvalue weighted by atomic mass is 10.2. The van der Waals surface area contributed by atoms with Crippen LogP contribution >= 0.6 is 0 Å². The number of anilines is 1. The van der Waals surface area contributed by atoms with E-state index in [0.29, 0.717) is 6.07 Å². The second-order valence-corrected chi connectivity index (χ2v) is 3.53. The van der Waals surface area contributed by atoms with E-state index in [1.54, 1.807) is 0 Å². The van der Waals surface area contributed by atoms with Gasteiger partial charge in [-0.25, -0.2) is 4.39 Å². The Morgan fingerprint density at radius 1 is 1.26 bits per heavy atom. The van der Waals surface area contributed by atoms with Gasteiger partial charge in [0.25, 0.3) is 5.69 Å². The van der Waals surface area contributed by atoms with Crippen molar-refractivity contribution in [2.24, 2.45) is 0 Å². The predicted molar refractivity (Wildman–Crippen MR) is 60.5 cm³/mol. The number of rotatable bonds is 6. The summed E-state index contributed by atoms with van der Waals surface area (Å²) in [6.45, 7) is -1.50. The van der Waals surface area contributed by atoms with Crippen LogP contribution in [0.25, 0.3) is 0 Å². The molecular weight excluding hydrogens is 263 g/mol. The van der Waals surface area contributed by atoms with Crippen molar-refractivity contribution in [2.75, 3.05) is 18.0 Å². The fourth-order valence-electron chi connectivity index (χ4n) is 1.46. The lowest BCUT2D eigenvalue weighted by molar-refractivity contribution is -0.384. The Morgan fingerprint density at radius 2 is 1.79 bits per heavy atom. The standard InChI is InChI=1S/C10H9FN2O6/c11-6-1-2-7(8(3-6)13(18)19)12(4-9(14)15)5-10(16)17/h1-3H,4-5H2,(H,14,15)(H,16,17). The highest BCUT2D eigenvalue weighted by Gasteiger charge is 2.23. The van der Waals surface area contributed by atoms with Crippen molar-refractivity contribution in [3.8, 4) is 0 Å². The summed E-state index contributed by atoms with van der Waals surface area (Å²) in [5.74, 6) is -3.60. The van der Waals surface area contributed by atoms with E-state index in [2.05, 4.69) is 0 Å². The molecule has 0 saturated heterocycles. The van der Waals surface area contributed by atoms with Gasteiger partial charge in [0.05, 0.1) is 11.0 Å². The van der Waals surface area contributed by atoms with Crippen LogP contribution in [-0.2, 0) is 9.59 Å². The molecule has 0 heterocycles. The van der Waals surface area contributed by atoms with E-state index in [1.807, 2.05) is 0 Å². The van der Waals surface area contributed by atoms with Crippen molar-refractivity contribution in [2.45, 2.75) is 0 Å². The van der Waals surface area contributed by atoms with Crippen molar-refractivity contribution in [1.82, 2.24) is 0 Å². The van der Waals surface area contributed by atoms with Crippen molar-refractivity contribution < 1.29 is 29.1 Å². The molecular formula is C10H9FN2O6. The molecule has 0 aliphatic heterocycles. The van der Waals surface area contributed by atoms with Gasteiger partial charge in [-0.05, 0) is 12.1 Å². The molecule has 102 valence electrons. The third kappa shape index (κ3) is 3.91. The molecule has 1 rings (SSSR count). The number of nitro benzene ring substituents is 1. The van der Waals surface area contributed by atoms with Crippen LogP contribution in [0.3, 0.4) is 0 Å². The molecule has 19 heavy (non-hydrogen) atoms. The van der Waals surface area contributed by atoms with Crippen LogP contribution in [0.4, 0.5) is 15.8 Å². The molecule has 0 aromatic heterocycles. The van der Waals surface area contributed by atoms with E-state index < -0.39 is 41.5 Å². The number of carboxylic acid groups (broad SMARTS) is 2. The van der Waals surface area contributed by atoms with E-state index in [1.165, 1.54) is 0 Å². The van der Waals surface area contributed by atoms with Crippen molar-refractivity contribution in [1.29, 1.82) is 0 Å². The van der Waals surface area contributed by atoms with Crippen LogP contribution in [-0.4, -0.2) is 40.2 Å². The summed E-state index contributed by atoms with van der Waals surface area (Å²) in [4.78, 5) is 31.9. The molecule has 1 aromatic rings. The second kappa shape index (κ2) is 5.76. The summed E-state index contributed by atoms with van der Waals surface area (Å²) in [7, 11) is 0. The highest BCUT2D eigenvalue weighted by molar-refractivity contribution is 5.81. The first-order valence-electron chi connectivity index (χ1n) is 4.93. The first kappa shape index (κ1) is 14.4. The molecule has 0 amide bonds. The van der Waals surface area contributed by atoms with E-state index in [4.69, 9.17) is 10.2 Å². The van der Waals surface area contributed by atoms with Crippen molar-refractivity contribution in [3.05, 3.63) is 34.1 Å². The Morgan fingerprint density at radius 3 is 2.21 bits per heavy atom. The normalized spacial score (nSPS) is 9.95. The minimum Gasteiger partial charge on any atom is -0.480 e. The molecule has 0 fully saturated rings. The maximum Gasteiger partial charge on any atom is 0.323 e. The number of nitrogens with zero attached hydrogens (tertiary/aromatic N) is 2. The Hall–Kier alpha value is -2.71. The minimum absolute atomic E-state index is 0.267. The summed E-state index contributed by atoms with van der Waals surface area (Å²) < 4.78 is 12.9. The summed E-state index contributed by atoms with van der Waals surface area (Å²) in [5, 5.41) is 28.1. The molecule has 0 atom stereocenters. The van der Waals surface area contributed by atoms with Crippen molar-refractivity contribution in [3.63, 3.8) is 0 Å². The highest BCUT2D eigenvalue weighted by atomic mass is 19.1. The summed E-state index contributed by atoms with van der Waals surface area (Å²) >= 11 is 0. The van der Waals surface area contributed by atoms with Crippen LogP contribution in [0.2, 0.25) is 0 Å². The Balaban J connectivity index is 3.24. The van der Waals surface area contributed by atoms with E-state index >= 15 is 0 Å². The smallest absolute Gasteiger partial charge is 0.323 e. The molecule has 0 spiro atoms. The largest absolute Gasteiger partial charge is 0.480 e. The van der Waals surface area contributed by atoms with E-state index in [-0.39, 0.29) is 5.69 Å². The molecule has 9 heteroatoms. The number of aliphatic carboxylic acids is 2. The average molecular weight is 272 g/mol. The zero-order chi connectivity index (χ0) is 14.6. The van der Waals surface area contributed by atoms with Crippen LogP contribution in [0.5, 0.6) is 0 Å². The average Bonchev–Trinajstić information content (AvgIpc) is 2.26. The van der Waals surface area contributed by atoms with Gasteiger partial charge in [0.15, 0.2) is 0 Å². The zero-order valence-corrected chi connectivity index (χ0v) is 9.45. The van der Waals surface area contributed by atoms with Gasteiger partial charge >= 0.3 is 11.9 Å². The Bertz CT molecular complexity index is 517. The maximum absolute atomic E-state index is 12.9. The van der Waals surface area contributed by atoms with E-state index in [9.17, 15) is 24.1 Å². The highest BCUT2D eigenvalue weighted by Crippen LogP contribution is 2.28. The van der Waals surface area contributed by atoms with Gasteiger partial charge in [-0.2, -0.15) is 0 Å². The van der Waals surface area contributed by atoms with Gasteiger partial charge in [-0.15, -0.1) is 0 Å². The first-order valence-corrected chi connectivity index (χ1v) is 4.93. The second-order valence-electron chi connectivity index (χ2n) is 3.53. The molecule has 2 N–H and O–H groups in total. The molecule has 0 saturated carbocycles. The quantitative estimate of drug-likeness (QED) is 0.577. The SMILES string of the molecule is O=C(O)CN(CC(=O)O)c1ccc(F)cc1[N+](=O)[O-]. The number of nitro groups is 1. The summed E-state index contributed by atoms with van der Waals surface area (Å²) in [6, 6.07) is 2.46. The lowest BCUT2D eigenvalue weighted by Gasteiger charge is -2.20. The molecule has 8 nitrogen and oxygen atoms in total. The molecule has 1 aromatic carbocycles. The summed E-state index contributed by atoms with van der Waals surface area (Å²) in [6.07, 6.45) is 0. The molecule has 0 radical (unpaired) electrons. The molecule has 0 unspecified atom stereocenters. The number of halogens is 1. The van der Waals surface area contributed by atoms with Crippen LogP contribution in [0.1, 0.15) is 0 Å². The number of carbonyl (C=O) groups is 2. The predicted octanol–water partition coefficient (Wildman–Crippen LogP) is 0.709. The maximum atomic E-state index is 12.9. The number of benzene rings is 1. The third-order valence-corrected chi connectivity index (χ3v) is 2.13. The Labute approximate surface area is 105 Å². The topological polar surface area (TPSA) is 121 Å². The number of hydrogen-bond donors (Lipinski definition) is 2.